The van der Waals surface area contributed by atoms with E-state index in [0.717, 1.165) is 24.5 Å². The predicted molar refractivity (Wildman–Crippen MR) is 68.2 cm³/mol. The van der Waals surface area contributed by atoms with Crippen molar-refractivity contribution in [3.63, 3.8) is 0 Å². The van der Waals surface area contributed by atoms with Crippen LogP contribution in [0.25, 0.3) is 0 Å². The second-order valence-corrected chi connectivity index (χ2v) is 5.45. The van der Waals surface area contributed by atoms with Gasteiger partial charge >= 0.3 is 0 Å². The molecular weight excluding hydrogens is 240 g/mol. The summed E-state index contributed by atoms with van der Waals surface area (Å²) in [6.45, 7) is 2.76. The largest absolute Gasteiger partial charge is 0.310 e. The molecule has 1 N–H and O–H groups in total. The molecule has 1 fully saturated rings. The van der Waals surface area contributed by atoms with E-state index in [2.05, 4.69) is 5.32 Å². The fourth-order valence-electron chi connectivity index (χ4n) is 2.33. The molecule has 1 aromatic rings. The molecule has 2 unspecified atom stereocenters. The highest BCUT2D eigenvalue weighted by atomic mass is 32.2. The third kappa shape index (κ3) is 2.80. The van der Waals surface area contributed by atoms with Gasteiger partial charge in [0.2, 0.25) is 0 Å². The zero-order chi connectivity index (χ0) is 12.3. The van der Waals surface area contributed by atoms with Crippen molar-refractivity contribution in [3.8, 4) is 0 Å². The lowest BCUT2D eigenvalue weighted by Crippen LogP contribution is -2.29. The quantitative estimate of drug-likeness (QED) is 0.887. The molecule has 4 heteroatoms. The molecule has 17 heavy (non-hydrogen) atoms. The maximum absolute atomic E-state index is 13.8. The normalized spacial score (nSPS) is 21.7. The Morgan fingerprint density at radius 3 is 2.94 bits per heavy atom. The summed E-state index contributed by atoms with van der Waals surface area (Å²) < 4.78 is 27.1. The van der Waals surface area contributed by atoms with Gasteiger partial charge in [-0.2, -0.15) is 11.8 Å². The van der Waals surface area contributed by atoms with E-state index >= 15 is 0 Å². The van der Waals surface area contributed by atoms with Crippen LogP contribution in [0.1, 0.15) is 24.9 Å². The summed E-state index contributed by atoms with van der Waals surface area (Å²) in [5, 5.41) is 3.29. The van der Waals surface area contributed by atoms with Gasteiger partial charge in [-0.05, 0) is 36.5 Å². The summed E-state index contributed by atoms with van der Waals surface area (Å²) in [5.74, 6) is 1.08. The Labute approximate surface area is 105 Å². The van der Waals surface area contributed by atoms with Gasteiger partial charge in [-0.3, -0.25) is 0 Å². The smallest absolute Gasteiger partial charge is 0.163 e. The molecule has 1 nitrogen and oxygen atoms in total. The number of nitrogens with one attached hydrogen (secondary N) is 1. The topological polar surface area (TPSA) is 12.0 Å². The Morgan fingerprint density at radius 1 is 1.47 bits per heavy atom. The van der Waals surface area contributed by atoms with Crippen molar-refractivity contribution >= 4 is 11.8 Å². The molecule has 0 amide bonds. The molecule has 2 rings (SSSR count). The van der Waals surface area contributed by atoms with Gasteiger partial charge in [0.15, 0.2) is 11.6 Å². The second kappa shape index (κ2) is 5.83. The number of hydrogen-bond donors (Lipinski definition) is 1. The Hall–Kier alpha value is -0.610. The predicted octanol–water partition coefficient (Wildman–Crippen LogP) is 3.37. The SMILES string of the molecule is CCNC(c1cccc(F)c1F)C1CCSC1. The third-order valence-electron chi connectivity index (χ3n) is 3.18. The zero-order valence-corrected chi connectivity index (χ0v) is 10.7. The van der Waals surface area contributed by atoms with Gasteiger partial charge in [0.1, 0.15) is 0 Å². The maximum Gasteiger partial charge on any atom is 0.163 e. The Bertz CT molecular complexity index is 378. The van der Waals surface area contributed by atoms with Gasteiger partial charge in [0.05, 0.1) is 0 Å². The van der Waals surface area contributed by atoms with Gasteiger partial charge < -0.3 is 5.32 Å². The highest BCUT2D eigenvalue weighted by molar-refractivity contribution is 7.99. The molecule has 1 aromatic carbocycles. The second-order valence-electron chi connectivity index (χ2n) is 4.30. The molecule has 0 radical (unpaired) electrons. The van der Waals surface area contributed by atoms with E-state index in [1.807, 2.05) is 18.7 Å². The van der Waals surface area contributed by atoms with Gasteiger partial charge in [-0.25, -0.2) is 8.78 Å². The first-order chi connectivity index (χ1) is 8.24. The minimum atomic E-state index is -0.754. The molecule has 0 spiro atoms. The standard InChI is InChI=1S/C13H17F2NS/c1-2-16-13(9-6-7-17-8-9)10-4-3-5-11(14)12(10)15/h3-5,9,13,16H,2,6-8H2,1H3. The van der Waals surface area contributed by atoms with Gasteiger partial charge in [0, 0.05) is 11.6 Å². The number of hydrogen-bond acceptors (Lipinski definition) is 2. The van der Waals surface area contributed by atoms with Crippen LogP contribution in [-0.2, 0) is 0 Å². The molecule has 0 aliphatic carbocycles. The third-order valence-corrected chi connectivity index (χ3v) is 4.37. The van der Waals surface area contributed by atoms with Crippen LogP contribution in [0.4, 0.5) is 8.78 Å². The highest BCUT2D eigenvalue weighted by Gasteiger charge is 2.28. The van der Waals surface area contributed by atoms with Crippen LogP contribution in [0.3, 0.4) is 0 Å². The van der Waals surface area contributed by atoms with Gasteiger partial charge in [0.25, 0.3) is 0 Å². The van der Waals surface area contributed by atoms with E-state index in [1.165, 1.54) is 6.07 Å². The lowest BCUT2D eigenvalue weighted by Gasteiger charge is -2.24. The van der Waals surface area contributed by atoms with Crippen molar-refractivity contribution in [1.82, 2.24) is 5.32 Å². The molecule has 1 saturated heterocycles. The van der Waals surface area contributed by atoms with Crippen LogP contribution >= 0.6 is 11.8 Å². The Kier molecular flexibility index (Phi) is 4.40. The Balaban J connectivity index is 2.27. The molecule has 0 saturated carbocycles. The van der Waals surface area contributed by atoms with Crippen molar-refractivity contribution in [2.24, 2.45) is 5.92 Å². The van der Waals surface area contributed by atoms with Crippen molar-refractivity contribution in [3.05, 3.63) is 35.4 Å². The summed E-state index contributed by atoms with van der Waals surface area (Å²) in [6, 6.07) is 4.38. The van der Waals surface area contributed by atoms with Crippen LogP contribution in [0.15, 0.2) is 18.2 Å². The van der Waals surface area contributed by atoms with Crippen molar-refractivity contribution in [1.29, 1.82) is 0 Å². The molecular formula is C13H17F2NS. The fraction of sp³-hybridized carbons (Fsp3) is 0.538. The summed E-state index contributed by atoms with van der Waals surface area (Å²) in [6.07, 6.45) is 1.07. The highest BCUT2D eigenvalue weighted by Crippen LogP contribution is 2.35. The minimum absolute atomic E-state index is 0.0642. The fourth-order valence-corrected chi connectivity index (χ4v) is 3.62. The van der Waals surface area contributed by atoms with Crippen molar-refractivity contribution < 1.29 is 8.78 Å². The first-order valence-electron chi connectivity index (χ1n) is 5.99. The molecule has 0 bridgehead atoms. The number of halogens is 2. The van der Waals surface area contributed by atoms with Crippen LogP contribution in [0, 0.1) is 17.6 Å². The van der Waals surface area contributed by atoms with E-state index < -0.39 is 11.6 Å². The molecule has 1 aliphatic heterocycles. The van der Waals surface area contributed by atoms with E-state index in [-0.39, 0.29) is 6.04 Å². The summed E-state index contributed by atoms with van der Waals surface area (Å²) >= 11 is 1.88. The van der Waals surface area contributed by atoms with Crippen LogP contribution < -0.4 is 5.32 Å². The average molecular weight is 257 g/mol. The molecule has 0 aromatic heterocycles. The molecule has 1 heterocycles. The maximum atomic E-state index is 13.8. The summed E-state index contributed by atoms with van der Waals surface area (Å²) in [7, 11) is 0. The first-order valence-corrected chi connectivity index (χ1v) is 7.14. The van der Waals surface area contributed by atoms with E-state index in [9.17, 15) is 8.78 Å². The van der Waals surface area contributed by atoms with Crippen molar-refractivity contribution in [2.45, 2.75) is 19.4 Å². The molecule has 94 valence electrons. The van der Waals surface area contributed by atoms with E-state index in [1.54, 1.807) is 12.1 Å². The molecule has 2 atom stereocenters. The number of benzene rings is 1. The van der Waals surface area contributed by atoms with Gasteiger partial charge in [-0.1, -0.05) is 19.1 Å². The Morgan fingerprint density at radius 2 is 2.29 bits per heavy atom. The summed E-state index contributed by atoms with van der Waals surface area (Å²) in [5.41, 5.74) is 0.472. The van der Waals surface area contributed by atoms with E-state index in [0.29, 0.717) is 11.5 Å². The lowest BCUT2D eigenvalue weighted by molar-refractivity contribution is 0.379. The van der Waals surface area contributed by atoms with Crippen LogP contribution in [-0.4, -0.2) is 18.1 Å². The van der Waals surface area contributed by atoms with Gasteiger partial charge in [-0.15, -0.1) is 0 Å². The zero-order valence-electron chi connectivity index (χ0n) is 9.88. The summed E-state index contributed by atoms with van der Waals surface area (Å²) in [4.78, 5) is 0. The molecule has 1 aliphatic rings. The number of thioether (sulfide) groups is 1. The van der Waals surface area contributed by atoms with Crippen molar-refractivity contribution in [2.75, 3.05) is 18.1 Å². The monoisotopic (exact) mass is 257 g/mol. The average Bonchev–Trinajstić information content (AvgIpc) is 2.84. The van der Waals surface area contributed by atoms with Crippen LogP contribution in [0.5, 0.6) is 0 Å². The van der Waals surface area contributed by atoms with E-state index in [4.69, 9.17) is 0 Å². The lowest BCUT2D eigenvalue weighted by atomic mass is 9.92. The van der Waals surface area contributed by atoms with Crippen LogP contribution in [0.2, 0.25) is 0 Å². The number of rotatable bonds is 4. The first kappa shape index (κ1) is 12.8. The minimum Gasteiger partial charge on any atom is -0.310 e.